The number of hydrogen-bond donors (Lipinski definition) is 0. The van der Waals surface area contributed by atoms with Crippen molar-refractivity contribution in [1.29, 1.82) is 0 Å². The van der Waals surface area contributed by atoms with Gasteiger partial charge in [0, 0.05) is 37.1 Å². The molecule has 2 aromatic carbocycles. The topological polar surface area (TPSA) is 86.7 Å². The predicted molar refractivity (Wildman–Crippen MR) is 115 cm³/mol. The molecular weight excluding hydrogens is 429 g/mol. The molecular formula is C20H20FN3O4S2. The Morgan fingerprint density at radius 1 is 1.30 bits per heavy atom. The second-order valence-electron chi connectivity index (χ2n) is 6.35. The minimum atomic E-state index is -0.445. The number of fused-ring (bicyclic) bond motifs is 1. The fraction of sp³-hybridized carbons (Fsp3) is 0.300. The van der Waals surface area contributed by atoms with Crippen molar-refractivity contribution in [3.05, 3.63) is 63.2 Å². The Kier molecular flexibility index (Phi) is 7.72. The number of benzene rings is 2. The van der Waals surface area contributed by atoms with E-state index in [4.69, 9.17) is 4.74 Å². The summed E-state index contributed by atoms with van der Waals surface area (Å²) in [7, 11) is 1.58. The van der Waals surface area contributed by atoms with Crippen molar-refractivity contribution in [1.82, 2.24) is 4.57 Å². The van der Waals surface area contributed by atoms with Crippen molar-refractivity contribution in [2.24, 2.45) is 4.99 Å². The first-order chi connectivity index (χ1) is 14.5. The van der Waals surface area contributed by atoms with Crippen molar-refractivity contribution < 1.29 is 18.8 Å². The predicted octanol–water partition coefficient (Wildman–Crippen LogP) is 4.40. The number of methoxy groups -OCH3 is 1. The molecule has 0 aliphatic rings. The lowest BCUT2D eigenvalue weighted by Crippen LogP contribution is -2.19. The van der Waals surface area contributed by atoms with Gasteiger partial charge in [-0.25, -0.2) is 4.39 Å². The molecule has 30 heavy (non-hydrogen) atoms. The first-order valence-corrected chi connectivity index (χ1v) is 11.0. The van der Waals surface area contributed by atoms with Crippen LogP contribution in [0.1, 0.15) is 12.8 Å². The average Bonchev–Trinajstić information content (AvgIpc) is 3.06. The third-order valence-electron chi connectivity index (χ3n) is 4.23. The zero-order valence-corrected chi connectivity index (χ0v) is 17.9. The Hall–Kier alpha value is -2.56. The summed E-state index contributed by atoms with van der Waals surface area (Å²) in [6, 6.07) is 10.8. The molecule has 0 unspecified atom stereocenters. The Bertz CT molecular complexity index is 1110. The smallest absolute Gasteiger partial charge is 0.270 e. The van der Waals surface area contributed by atoms with Crippen LogP contribution in [0.15, 0.2) is 52.4 Å². The lowest BCUT2D eigenvalue weighted by atomic mass is 10.3. The lowest BCUT2D eigenvalue weighted by molar-refractivity contribution is -0.384. The highest BCUT2D eigenvalue weighted by Gasteiger charge is 2.12. The van der Waals surface area contributed by atoms with Gasteiger partial charge in [0.15, 0.2) is 4.80 Å². The number of thioether (sulfide) groups is 1. The number of carbonyl (C=O) groups excluding carboxylic acids is 1. The monoisotopic (exact) mass is 449 g/mol. The van der Waals surface area contributed by atoms with E-state index in [9.17, 15) is 19.3 Å². The SMILES string of the molecule is COCCn1c(=NC(=O)CCCSc2ccc(F)cc2)sc2cc([N+](=O)[O-])ccc21. The van der Waals surface area contributed by atoms with Gasteiger partial charge in [0.05, 0.1) is 21.7 Å². The van der Waals surface area contributed by atoms with Gasteiger partial charge in [0.25, 0.3) is 5.69 Å². The van der Waals surface area contributed by atoms with Crippen LogP contribution >= 0.6 is 23.1 Å². The number of aromatic nitrogens is 1. The molecule has 1 heterocycles. The van der Waals surface area contributed by atoms with Crippen LogP contribution in [0.25, 0.3) is 10.2 Å². The molecule has 0 radical (unpaired) electrons. The van der Waals surface area contributed by atoms with E-state index in [-0.39, 0.29) is 23.8 Å². The molecule has 0 fully saturated rings. The minimum Gasteiger partial charge on any atom is -0.383 e. The van der Waals surface area contributed by atoms with Crippen molar-refractivity contribution in [3.63, 3.8) is 0 Å². The first-order valence-electron chi connectivity index (χ1n) is 9.20. The number of nitro benzene ring substituents is 1. The molecule has 0 atom stereocenters. The van der Waals surface area contributed by atoms with Crippen LogP contribution < -0.4 is 4.80 Å². The molecule has 1 amide bonds. The third kappa shape index (κ3) is 5.74. The summed E-state index contributed by atoms with van der Waals surface area (Å²) in [6.07, 6.45) is 0.922. The van der Waals surface area contributed by atoms with Crippen LogP contribution in [-0.4, -0.2) is 34.9 Å². The summed E-state index contributed by atoms with van der Waals surface area (Å²) in [5.74, 6) is 0.195. The van der Waals surface area contributed by atoms with Gasteiger partial charge in [-0.1, -0.05) is 11.3 Å². The number of rotatable bonds is 9. The van der Waals surface area contributed by atoms with Crippen LogP contribution in [0.2, 0.25) is 0 Å². The summed E-state index contributed by atoms with van der Waals surface area (Å²) in [5.41, 5.74) is 0.777. The van der Waals surface area contributed by atoms with Gasteiger partial charge < -0.3 is 9.30 Å². The number of ether oxygens (including phenoxy) is 1. The van der Waals surface area contributed by atoms with E-state index in [1.807, 2.05) is 4.57 Å². The molecule has 7 nitrogen and oxygen atoms in total. The van der Waals surface area contributed by atoms with Crippen molar-refractivity contribution >= 4 is 44.9 Å². The quantitative estimate of drug-likeness (QED) is 0.209. The van der Waals surface area contributed by atoms with Crippen molar-refractivity contribution in [2.45, 2.75) is 24.3 Å². The van der Waals surface area contributed by atoms with Gasteiger partial charge >= 0.3 is 0 Å². The summed E-state index contributed by atoms with van der Waals surface area (Å²) in [5, 5.41) is 11.0. The Morgan fingerprint density at radius 3 is 2.77 bits per heavy atom. The number of hydrogen-bond acceptors (Lipinski definition) is 6. The highest BCUT2D eigenvalue weighted by Crippen LogP contribution is 2.23. The zero-order valence-electron chi connectivity index (χ0n) is 16.2. The van der Waals surface area contributed by atoms with Gasteiger partial charge in [-0.15, -0.1) is 11.8 Å². The normalized spacial score (nSPS) is 11.9. The molecule has 0 aliphatic carbocycles. The summed E-state index contributed by atoms with van der Waals surface area (Å²) in [4.78, 5) is 28.7. The largest absolute Gasteiger partial charge is 0.383 e. The number of carbonyl (C=O) groups is 1. The molecule has 158 valence electrons. The van der Waals surface area contributed by atoms with Crippen molar-refractivity contribution in [3.8, 4) is 0 Å². The fourth-order valence-electron chi connectivity index (χ4n) is 2.77. The maximum Gasteiger partial charge on any atom is 0.270 e. The Labute approximate surface area is 180 Å². The summed E-state index contributed by atoms with van der Waals surface area (Å²) >= 11 is 2.80. The molecule has 3 aromatic rings. The molecule has 0 spiro atoms. The average molecular weight is 450 g/mol. The molecule has 0 N–H and O–H groups in total. The minimum absolute atomic E-state index is 0.00154. The highest BCUT2D eigenvalue weighted by molar-refractivity contribution is 7.99. The third-order valence-corrected chi connectivity index (χ3v) is 6.37. The fourth-order valence-corrected chi connectivity index (χ4v) is 4.73. The maximum absolute atomic E-state index is 12.9. The number of nitrogens with zero attached hydrogens (tertiary/aromatic N) is 3. The van der Waals surface area contributed by atoms with Crippen molar-refractivity contribution in [2.75, 3.05) is 19.5 Å². The Balaban J connectivity index is 1.71. The molecule has 1 aromatic heterocycles. The van der Waals surface area contributed by atoms with Gasteiger partial charge in [0.2, 0.25) is 5.91 Å². The van der Waals surface area contributed by atoms with E-state index in [1.165, 1.54) is 35.6 Å². The van der Waals surface area contributed by atoms with E-state index >= 15 is 0 Å². The molecule has 10 heteroatoms. The van der Waals surface area contributed by atoms with Gasteiger partial charge in [0.1, 0.15) is 5.82 Å². The lowest BCUT2D eigenvalue weighted by Gasteiger charge is -2.04. The van der Waals surface area contributed by atoms with Crippen LogP contribution in [-0.2, 0) is 16.1 Å². The summed E-state index contributed by atoms with van der Waals surface area (Å²) in [6.45, 7) is 0.916. The number of nitro groups is 1. The second-order valence-corrected chi connectivity index (χ2v) is 8.53. The van der Waals surface area contributed by atoms with E-state index in [0.29, 0.717) is 29.1 Å². The number of non-ortho nitro benzene ring substituents is 1. The Morgan fingerprint density at radius 2 is 2.07 bits per heavy atom. The van der Waals surface area contributed by atoms with Crippen LogP contribution in [0.3, 0.4) is 0 Å². The van der Waals surface area contributed by atoms with Gasteiger partial charge in [-0.2, -0.15) is 4.99 Å². The number of amides is 1. The van der Waals surface area contributed by atoms with Crippen LogP contribution in [0.5, 0.6) is 0 Å². The second kappa shape index (κ2) is 10.5. The molecule has 3 rings (SSSR count). The number of thiazole rings is 1. The van der Waals surface area contributed by atoms with Gasteiger partial charge in [-0.05, 0) is 42.5 Å². The van der Waals surface area contributed by atoms with E-state index in [2.05, 4.69) is 4.99 Å². The zero-order chi connectivity index (χ0) is 21.5. The first kappa shape index (κ1) is 22.1. The van der Waals surface area contributed by atoms with Gasteiger partial charge in [-0.3, -0.25) is 14.9 Å². The van der Waals surface area contributed by atoms with Crippen LogP contribution in [0.4, 0.5) is 10.1 Å². The molecule has 0 saturated carbocycles. The maximum atomic E-state index is 12.9. The van der Waals surface area contributed by atoms with E-state index in [1.54, 1.807) is 37.1 Å². The van der Waals surface area contributed by atoms with E-state index in [0.717, 1.165) is 16.2 Å². The molecule has 0 aliphatic heterocycles. The molecule has 0 saturated heterocycles. The number of halogens is 1. The standard InChI is InChI=1S/C20H20FN3O4S2/c1-28-11-10-23-17-9-6-15(24(26)27)13-18(17)30-20(23)22-19(25)3-2-12-29-16-7-4-14(21)5-8-16/h4-9,13H,2-3,10-12H2,1H3. The highest BCUT2D eigenvalue weighted by atomic mass is 32.2. The summed E-state index contributed by atoms with van der Waals surface area (Å²) < 4.78 is 20.6. The molecule has 0 bridgehead atoms. The van der Waals surface area contributed by atoms with E-state index < -0.39 is 4.92 Å². The van der Waals surface area contributed by atoms with Crippen LogP contribution in [0, 0.1) is 15.9 Å².